The van der Waals surface area contributed by atoms with Gasteiger partial charge < -0.3 is 10.7 Å². The molecule has 0 unspecified atom stereocenters. The van der Waals surface area contributed by atoms with Crippen LogP contribution in [0.25, 0.3) is 10.9 Å². The average molecular weight is 160 g/mol. The summed E-state index contributed by atoms with van der Waals surface area (Å²) >= 11 is 0. The summed E-state index contributed by atoms with van der Waals surface area (Å²) in [6, 6.07) is 4.14. The first kappa shape index (κ1) is 7.22. The second-order valence-electron chi connectivity index (χ2n) is 3.17. The molecule has 62 valence electrons. The molecule has 2 nitrogen and oxygen atoms in total. The van der Waals surface area contributed by atoms with Gasteiger partial charge in [-0.2, -0.15) is 0 Å². The molecule has 2 heteroatoms. The summed E-state index contributed by atoms with van der Waals surface area (Å²) in [6.45, 7) is 4.08. The minimum Gasteiger partial charge on any atom is -0.398 e. The highest BCUT2D eigenvalue weighted by molar-refractivity contribution is 5.88. The lowest BCUT2D eigenvalue weighted by atomic mass is 10.1. The van der Waals surface area contributed by atoms with Crippen molar-refractivity contribution >= 4 is 16.6 Å². The van der Waals surface area contributed by atoms with E-state index in [0.717, 1.165) is 11.3 Å². The highest BCUT2D eigenvalue weighted by Gasteiger charge is 2.03. The number of aromatic amines is 1. The molecule has 0 saturated carbocycles. The van der Waals surface area contributed by atoms with E-state index < -0.39 is 0 Å². The lowest BCUT2D eigenvalue weighted by Gasteiger charge is -2.05. The van der Waals surface area contributed by atoms with Crippen molar-refractivity contribution in [1.82, 2.24) is 4.98 Å². The van der Waals surface area contributed by atoms with Gasteiger partial charge in [0.1, 0.15) is 0 Å². The fourth-order valence-corrected chi connectivity index (χ4v) is 1.56. The zero-order valence-electron chi connectivity index (χ0n) is 7.31. The molecule has 1 aromatic heterocycles. The van der Waals surface area contributed by atoms with Gasteiger partial charge >= 0.3 is 0 Å². The van der Waals surface area contributed by atoms with E-state index in [-0.39, 0.29) is 0 Å². The molecule has 0 amide bonds. The van der Waals surface area contributed by atoms with E-state index in [9.17, 15) is 0 Å². The zero-order valence-corrected chi connectivity index (χ0v) is 7.31. The summed E-state index contributed by atoms with van der Waals surface area (Å²) in [7, 11) is 0. The van der Waals surface area contributed by atoms with Crippen molar-refractivity contribution < 1.29 is 0 Å². The van der Waals surface area contributed by atoms with Crippen LogP contribution < -0.4 is 5.73 Å². The molecule has 0 aliphatic heterocycles. The summed E-state index contributed by atoms with van der Waals surface area (Å²) in [5, 5.41) is 1.22. The number of H-pyrrole nitrogens is 1. The molecule has 12 heavy (non-hydrogen) atoms. The number of hydrogen-bond donors (Lipinski definition) is 2. The third-order valence-corrected chi connectivity index (χ3v) is 2.37. The number of rotatable bonds is 0. The number of anilines is 1. The quantitative estimate of drug-likeness (QED) is 0.571. The van der Waals surface area contributed by atoms with Crippen LogP contribution in [0.3, 0.4) is 0 Å². The number of nitrogens with one attached hydrogen (secondary N) is 1. The van der Waals surface area contributed by atoms with Crippen LogP contribution in [0.4, 0.5) is 5.69 Å². The second kappa shape index (κ2) is 2.27. The number of aromatic nitrogens is 1. The molecule has 2 aromatic rings. The van der Waals surface area contributed by atoms with Crippen LogP contribution >= 0.6 is 0 Å². The molecule has 0 atom stereocenters. The molecule has 0 aliphatic carbocycles. The van der Waals surface area contributed by atoms with Gasteiger partial charge in [0.2, 0.25) is 0 Å². The average Bonchev–Trinajstić information content (AvgIpc) is 2.48. The number of fused-ring (bicyclic) bond motifs is 1. The van der Waals surface area contributed by atoms with Gasteiger partial charge in [0.25, 0.3) is 0 Å². The monoisotopic (exact) mass is 160 g/mol. The first-order valence-electron chi connectivity index (χ1n) is 4.03. The summed E-state index contributed by atoms with van der Waals surface area (Å²) in [6.07, 6.45) is 1.94. The maximum Gasteiger partial charge on any atom is 0.0460 e. The molecule has 2 rings (SSSR count). The van der Waals surface area contributed by atoms with Crippen molar-refractivity contribution in [3.63, 3.8) is 0 Å². The normalized spacial score (nSPS) is 10.8. The van der Waals surface area contributed by atoms with E-state index in [2.05, 4.69) is 24.0 Å². The Labute approximate surface area is 71.4 Å². The van der Waals surface area contributed by atoms with Gasteiger partial charge in [0, 0.05) is 22.8 Å². The largest absolute Gasteiger partial charge is 0.398 e. The summed E-state index contributed by atoms with van der Waals surface area (Å²) in [4.78, 5) is 3.17. The van der Waals surface area contributed by atoms with Crippen LogP contribution in [0.15, 0.2) is 18.3 Å². The molecule has 0 aliphatic rings. The molecule has 1 heterocycles. The predicted molar refractivity (Wildman–Crippen MR) is 52.2 cm³/mol. The van der Waals surface area contributed by atoms with Crippen LogP contribution in [-0.2, 0) is 0 Å². The standard InChI is InChI=1S/C10H12N2/c1-6-5-9-8(3-4-12-9)7(2)10(6)11/h3-5,12H,11H2,1-2H3. The molecular weight excluding hydrogens is 148 g/mol. The van der Waals surface area contributed by atoms with E-state index in [0.29, 0.717) is 0 Å². The van der Waals surface area contributed by atoms with Crippen molar-refractivity contribution in [2.75, 3.05) is 5.73 Å². The Bertz CT molecular complexity index is 427. The van der Waals surface area contributed by atoms with Gasteiger partial charge in [-0.05, 0) is 37.1 Å². The third-order valence-electron chi connectivity index (χ3n) is 2.37. The fourth-order valence-electron chi connectivity index (χ4n) is 1.56. The minimum absolute atomic E-state index is 0.905. The molecule has 0 fully saturated rings. The van der Waals surface area contributed by atoms with E-state index in [4.69, 9.17) is 5.73 Å². The first-order chi connectivity index (χ1) is 5.70. The number of aryl methyl sites for hydroxylation is 2. The molecular formula is C10H12N2. The Kier molecular flexibility index (Phi) is 1.37. The summed E-state index contributed by atoms with van der Waals surface area (Å²) < 4.78 is 0. The molecule has 0 spiro atoms. The number of nitrogen functional groups attached to an aromatic ring is 1. The van der Waals surface area contributed by atoms with Gasteiger partial charge in [0.15, 0.2) is 0 Å². The summed E-state index contributed by atoms with van der Waals surface area (Å²) in [5.74, 6) is 0. The molecule has 3 N–H and O–H groups in total. The Morgan fingerprint density at radius 1 is 1.33 bits per heavy atom. The van der Waals surface area contributed by atoms with Crippen molar-refractivity contribution in [1.29, 1.82) is 0 Å². The van der Waals surface area contributed by atoms with Crippen molar-refractivity contribution in [3.8, 4) is 0 Å². The van der Waals surface area contributed by atoms with Crippen LogP contribution in [0.2, 0.25) is 0 Å². The number of hydrogen-bond acceptors (Lipinski definition) is 1. The Hall–Kier alpha value is -1.44. The molecule has 0 radical (unpaired) electrons. The van der Waals surface area contributed by atoms with Gasteiger partial charge in [0.05, 0.1) is 0 Å². The van der Waals surface area contributed by atoms with Gasteiger partial charge in [-0.1, -0.05) is 0 Å². The Balaban J connectivity index is 2.94. The van der Waals surface area contributed by atoms with E-state index in [1.54, 1.807) is 0 Å². The predicted octanol–water partition coefficient (Wildman–Crippen LogP) is 2.37. The zero-order chi connectivity index (χ0) is 8.72. The molecule has 1 aromatic carbocycles. The lowest BCUT2D eigenvalue weighted by molar-refractivity contribution is 1.41. The van der Waals surface area contributed by atoms with Crippen molar-refractivity contribution in [2.45, 2.75) is 13.8 Å². The number of nitrogens with two attached hydrogens (primary N) is 1. The maximum absolute atomic E-state index is 5.89. The smallest absolute Gasteiger partial charge is 0.0460 e. The van der Waals surface area contributed by atoms with Crippen molar-refractivity contribution in [2.24, 2.45) is 0 Å². The second-order valence-corrected chi connectivity index (χ2v) is 3.17. The summed E-state index contributed by atoms with van der Waals surface area (Å²) in [5.41, 5.74) is 10.3. The fraction of sp³-hybridized carbons (Fsp3) is 0.200. The third kappa shape index (κ3) is 0.811. The van der Waals surface area contributed by atoms with Gasteiger partial charge in [-0.15, -0.1) is 0 Å². The highest BCUT2D eigenvalue weighted by atomic mass is 14.7. The molecule has 0 bridgehead atoms. The Morgan fingerprint density at radius 3 is 2.83 bits per heavy atom. The first-order valence-corrected chi connectivity index (χ1v) is 4.03. The van der Waals surface area contributed by atoms with Gasteiger partial charge in [-0.3, -0.25) is 0 Å². The lowest BCUT2D eigenvalue weighted by Crippen LogP contribution is -1.93. The van der Waals surface area contributed by atoms with Crippen LogP contribution in [-0.4, -0.2) is 4.98 Å². The SMILES string of the molecule is Cc1cc2[nH]ccc2c(C)c1N. The van der Waals surface area contributed by atoms with E-state index in [1.165, 1.54) is 16.5 Å². The van der Waals surface area contributed by atoms with Crippen LogP contribution in [0.5, 0.6) is 0 Å². The van der Waals surface area contributed by atoms with Crippen LogP contribution in [0, 0.1) is 13.8 Å². The van der Waals surface area contributed by atoms with E-state index in [1.807, 2.05) is 13.1 Å². The van der Waals surface area contributed by atoms with E-state index >= 15 is 0 Å². The Morgan fingerprint density at radius 2 is 2.08 bits per heavy atom. The highest BCUT2D eigenvalue weighted by Crippen LogP contribution is 2.25. The number of benzene rings is 1. The topological polar surface area (TPSA) is 41.8 Å². The maximum atomic E-state index is 5.89. The molecule has 0 saturated heterocycles. The van der Waals surface area contributed by atoms with Crippen molar-refractivity contribution in [3.05, 3.63) is 29.5 Å². The minimum atomic E-state index is 0.905. The van der Waals surface area contributed by atoms with Gasteiger partial charge in [-0.25, -0.2) is 0 Å². The van der Waals surface area contributed by atoms with Crippen LogP contribution in [0.1, 0.15) is 11.1 Å².